The van der Waals surface area contributed by atoms with E-state index in [1.54, 1.807) is 30.3 Å². The average Bonchev–Trinajstić information content (AvgIpc) is 2.33. The first-order chi connectivity index (χ1) is 8.58. The van der Waals surface area contributed by atoms with Gasteiger partial charge < -0.3 is 10.5 Å². The minimum Gasteiger partial charge on any atom is -0.455 e. The van der Waals surface area contributed by atoms with Crippen LogP contribution in [0.4, 0.5) is 0 Å². The van der Waals surface area contributed by atoms with Crippen LogP contribution in [-0.2, 0) is 0 Å². The van der Waals surface area contributed by atoms with Gasteiger partial charge in [0.25, 0.3) is 0 Å². The Morgan fingerprint density at radius 3 is 2.44 bits per heavy atom. The van der Waals surface area contributed by atoms with Gasteiger partial charge in [0, 0.05) is 5.02 Å². The summed E-state index contributed by atoms with van der Waals surface area (Å²) in [6.45, 7) is 0. The first kappa shape index (κ1) is 13.1. The van der Waals surface area contributed by atoms with Crippen LogP contribution in [0.5, 0.6) is 11.5 Å². The molecule has 0 bridgehead atoms. The minimum absolute atomic E-state index is 0.274. The van der Waals surface area contributed by atoms with Crippen LogP contribution in [0.25, 0.3) is 0 Å². The van der Waals surface area contributed by atoms with Gasteiger partial charge >= 0.3 is 0 Å². The molecule has 2 N–H and O–H groups in total. The molecular formula is C13H9Cl2NOS. The number of nitrogens with two attached hydrogens (primary N) is 1. The molecule has 2 aromatic carbocycles. The van der Waals surface area contributed by atoms with E-state index >= 15 is 0 Å². The van der Waals surface area contributed by atoms with Gasteiger partial charge in [0.1, 0.15) is 16.5 Å². The maximum atomic E-state index is 6.04. The average molecular weight is 298 g/mol. The van der Waals surface area contributed by atoms with Crippen molar-refractivity contribution in [2.75, 3.05) is 0 Å². The van der Waals surface area contributed by atoms with Gasteiger partial charge in [-0.3, -0.25) is 0 Å². The Balaban J connectivity index is 2.37. The van der Waals surface area contributed by atoms with E-state index in [4.69, 9.17) is 45.9 Å². The van der Waals surface area contributed by atoms with E-state index in [2.05, 4.69) is 0 Å². The van der Waals surface area contributed by atoms with Crippen LogP contribution in [0.15, 0.2) is 42.5 Å². The number of para-hydroxylation sites is 1. The predicted octanol–water partition coefficient (Wildman–Crippen LogP) is 4.42. The lowest BCUT2D eigenvalue weighted by Gasteiger charge is -2.11. The van der Waals surface area contributed by atoms with Gasteiger partial charge in [0.15, 0.2) is 0 Å². The van der Waals surface area contributed by atoms with Gasteiger partial charge in [0.05, 0.1) is 10.6 Å². The second-order valence-electron chi connectivity index (χ2n) is 3.54. The number of ether oxygens (including phenoxy) is 1. The monoisotopic (exact) mass is 297 g/mol. The molecule has 2 aromatic rings. The number of benzene rings is 2. The molecule has 0 spiro atoms. The van der Waals surface area contributed by atoms with Crippen molar-refractivity contribution in [3.8, 4) is 11.5 Å². The van der Waals surface area contributed by atoms with E-state index in [-0.39, 0.29) is 4.99 Å². The smallest absolute Gasteiger partial charge is 0.146 e. The normalized spacial score (nSPS) is 10.1. The molecule has 0 saturated heterocycles. The van der Waals surface area contributed by atoms with E-state index in [1.807, 2.05) is 12.1 Å². The highest BCUT2D eigenvalue weighted by Gasteiger charge is 2.09. The van der Waals surface area contributed by atoms with Crippen molar-refractivity contribution >= 4 is 40.4 Å². The number of rotatable bonds is 3. The van der Waals surface area contributed by atoms with Crippen molar-refractivity contribution in [3.05, 3.63) is 58.1 Å². The quantitative estimate of drug-likeness (QED) is 0.852. The first-order valence-electron chi connectivity index (χ1n) is 5.09. The van der Waals surface area contributed by atoms with Crippen LogP contribution in [0.2, 0.25) is 10.0 Å². The summed E-state index contributed by atoms with van der Waals surface area (Å²) in [5.41, 5.74) is 6.29. The summed E-state index contributed by atoms with van der Waals surface area (Å²) in [5.74, 6) is 1.07. The fourth-order valence-corrected chi connectivity index (χ4v) is 2.05. The molecule has 0 unspecified atom stereocenters. The Morgan fingerprint density at radius 1 is 1.06 bits per heavy atom. The molecule has 92 valence electrons. The van der Waals surface area contributed by atoms with Crippen molar-refractivity contribution in [1.29, 1.82) is 0 Å². The van der Waals surface area contributed by atoms with Gasteiger partial charge in [-0.1, -0.05) is 47.6 Å². The van der Waals surface area contributed by atoms with E-state index < -0.39 is 0 Å². The number of thiocarbonyl (C=S) groups is 1. The lowest BCUT2D eigenvalue weighted by Crippen LogP contribution is -2.10. The van der Waals surface area contributed by atoms with Gasteiger partial charge in [-0.2, -0.15) is 0 Å². The molecule has 0 aliphatic carbocycles. The highest BCUT2D eigenvalue weighted by atomic mass is 35.5. The number of halogens is 2. The van der Waals surface area contributed by atoms with Crippen LogP contribution in [0.3, 0.4) is 0 Å². The summed E-state index contributed by atoms with van der Waals surface area (Å²) in [6, 6.07) is 12.3. The zero-order chi connectivity index (χ0) is 13.1. The topological polar surface area (TPSA) is 35.2 Å². The molecule has 0 aliphatic heterocycles. The predicted molar refractivity (Wildman–Crippen MR) is 78.9 cm³/mol. The standard InChI is InChI=1S/C13H9Cl2NOS/c14-8-5-6-12(10(15)7-8)17-11-4-2-1-3-9(11)13(16)18/h1-7H,(H2,16,18). The van der Waals surface area contributed by atoms with Gasteiger partial charge in [-0.15, -0.1) is 0 Å². The minimum atomic E-state index is 0.274. The summed E-state index contributed by atoms with van der Waals surface area (Å²) in [6.07, 6.45) is 0. The van der Waals surface area contributed by atoms with Crippen molar-refractivity contribution in [3.63, 3.8) is 0 Å². The molecule has 2 nitrogen and oxygen atoms in total. The van der Waals surface area contributed by atoms with Gasteiger partial charge in [0.2, 0.25) is 0 Å². The van der Waals surface area contributed by atoms with E-state index in [0.29, 0.717) is 27.1 Å². The molecule has 0 radical (unpaired) electrons. The summed E-state index contributed by atoms with van der Waals surface area (Å²) in [4.78, 5) is 0.274. The Kier molecular flexibility index (Phi) is 4.07. The molecule has 5 heteroatoms. The molecule has 0 saturated carbocycles. The maximum absolute atomic E-state index is 6.04. The summed E-state index contributed by atoms with van der Waals surface area (Å²) in [7, 11) is 0. The number of hydrogen-bond acceptors (Lipinski definition) is 2. The van der Waals surface area contributed by atoms with Crippen LogP contribution < -0.4 is 10.5 Å². The first-order valence-corrected chi connectivity index (χ1v) is 6.26. The molecule has 18 heavy (non-hydrogen) atoms. The molecule has 0 atom stereocenters. The van der Waals surface area contributed by atoms with Crippen LogP contribution in [0.1, 0.15) is 5.56 Å². The Labute approximate surface area is 120 Å². The van der Waals surface area contributed by atoms with Crippen molar-refractivity contribution in [1.82, 2.24) is 0 Å². The fourth-order valence-electron chi connectivity index (χ4n) is 1.44. The SMILES string of the molecule is NC(=S)c1ccccc1Oc1ccc(Cl)cc1Cl. The highest BCUT2D eigenvalue weighted by molar-refractivity contribution is 7.80. The maximum Gasteiger partial charge on any atom is 0.146 e. The molecule has 0 amide bonds. The van der Waals surface area contributed by atoms with E-state index in [1.165, 1.54) is 0 Å². The fraction of sp³-hybridized carbons (Fsp3) is 0. The third kappa shape index (κ3) is 2.93. The third-order valence-corrected chi connectivity index (χ3v) is 3.02. The van der Waals surface area contributed by atoms with Crippen molar-refractivity contribution in [2.45, 2.75) is 0 Å². The Hall–Kier alpha value is -1.29. The van der Waals surface area contributed by atoms with Crippen LogP contribution in [0, 0.1) is 0 Å². The molecular weight excluding hydrogens is 289 g/mol. The summed E-state index contributed by atoms with van der Waals surface area (Å²) >= 11 is 16.8. The lowest BCUT2D eigenvalue weighted by atomic mass is 10.2. The van der Waals surface area contributed by atoms with Gasteiger partial charge in [-0.25, -0.2) is 0 Å². The van der Waals surface area contributed by atoms with Crippen molar-refractivity contribution in [2.24, 2.45) is 5.73 Å². The number of hydrogen-bond donors (Lipinski definition) is 1. The summed E-state index contributed by atoms with van der Waals surface area (Å²) in [5, 5.41) is 0.982. The highest BCUT2D eigenvalue weighted by Crippen LogP contribution is 2.32. The summed E-state index contributed by atoms with van der Waals surface area (Å²) < 4.78 is 5.70. The van der Waals surface area contributed by atoms with Crippen LogP contribution >= 0.6 is 35.4 Å². The van der Waals surface area contributed by atoms with Crippen molar-refractivity contribution < 1.29 is 4.74 Å². The largest absolute Gasteiger partial charge is 0.455 e. The Morgan fingerprint density at radius 2 is 1.78 bits per heavy atom. The molecule has 0 heterocycles. The van der Waals surface area contributed by atoms with E-state index in [9.17, 15) is 0 Å². The second-order valence-corrected chi connectivity index (χ2v) is 4.82. The Bertz CT molecular complexity index is 601. The molecule has 0 aromatic heterocycles. The zero-order valence-corrected chi connectivity index (χ0v) is 11.5. The molecule has 2 rings (SSSR count). The lowest BCUT2D eigenvalue weighted by molar-refractivity contribution is 0.482. The third-order valence-electron chi connectivity index (χ3n) is 2.27. The molecule has 0 fully saturated rings. The molecule has 0 aliphatic rings. The van der Waals surface area contributed by atoms with Gasteiger partial charge in [-0.05, 0) is 30.3 Å². The second kappa shape index (κ2) is 5.57. The zero-order valence-electron chi connectivity index (χ0n) is 9.19. The van der Waals surface area contributed by atoms with E-state index in [0.717, 1.165) is 0 Å². The van der Waals surface area contributed by atoms with Crippen LogP contribution in [-0.4, -0.2) is 4.99 Å².